The molecule has 0 saturated carbocycles. The summed E-state index contributed by atoms with van der Waals surface area (Å²) in [6, 6.07) is 1.19. The van der Waals surface area contributed by atoms with Gasteiger partial charge in [-0.15, -0.1) is 0 Å². The van der Waals surface area contributed by atoms with Gasteiger partial charge in [0.25, 0.3) is 0 Å². The summed E-state index contributed by atoms with van der Waals surface area (Å²) < 4.78 is 0. The summed E-state index contributed by atoms with van der Waals surface area (Å²) >= 11 is 0. The minimum atomic E-state index is 0.288. The van der Waals surface area contributed by atoms with Crippen LogP contribution in [-0.2, 0) is 4.79 Å². The summed E-state index contributed by atoms with van der Waals surface area (Å²) in [6.07, 6.45) is 3.81. The number of ketones is 1. The minimum absolute atomic E-state index is 0.288. The molecular weight excluding hydrogens is 150 g/mol. The smallest absolute Gasteiger partial charge is 0.143 e. The number of Topliss-reactive ketones (excluding diaryl/α,β-unsaturated/α-hetero) is 1. The van der Waals surface area contributed by atoms with E-state index in [0.29, 0.717) is 18.6 Å². The Hall–Kier alpha value is -0.370. The molecular formula is C10H19NO. The van der Waals surface area contributed by atoms with Crippen molar-refractivity contribution in [3.8, 4) is 0 Å². The summed E-state index contributed by atoms with van der Waals surface area (Å²) in [4.78, 5) is 13.3. The Morgan fingerprint density at radius 1 is 1.33 bits per heavy atom. The predicted octanol–water partition coefficient (Wildman–Crippen LogP) is 1.84. The fraction of sp³-hybridized carbons (Fsp3) is 0.900. The highest BCUT2D eigenvalue weighted by atomic mass is 16.1. The Kier molecular flexibility index (Phi) is 3.27. The van der Waals surface area contributed by atoms with Gasteiger partial charge in [0, 0.05) is 12.1 Å². The number of carbonyl (C=O) groups is 1. The van der Waals surface area contributed by atoms with Crippen molar-refractivity contribution >= 4 is 5.78 Å². The highest BCUT2D eigenvalue weighted by molar-refractivity contribution is 5.77. The van der Waals surface area contributed by atoms with Gasteiger partial charge in [-0.1, -0.05) is 6.42 Å². The largest absolute Gasteiger partial charge is 0.299 e. The molecule has 0 bridgehead atoms. The molecule has 0 aromatic carbocycles. The molecule has 0 aliphatic carbocycles. The van der Waals surface area contributed by atoms with Crippen molar-refractivity contribution in [2.75, 3.05) is 6.54 Å². The lowest BCUT2D eigenvalue weighted by Gasteiger charge is -2.38. The zero-order valence-electron chi connectivity index (χ0n) is 8.34. The number of rotatable bonds is 2. The summed E-state index contributed by atoms with van der Waals surface area (Å²) in [5.41, 5.74) is 0. The third-order valence-corrected chi connectivity index (χ3v) is 2.78. The van der Waals surface area contributed by atoms with Crippen molar-refractivity contribution in [3.63, 3.8) is 0 Å². The number of carbonyl (C=O) groups excluding carboxylic acids is 1. The molecule has 12 heavy (non-hydrogen) atoms. The molecule has 0 radical (unpaired) electrons. The molecule has 0 amide bonds. The first kappa shape index (κ1) is 9.72. The topological polar surface area (TPSA) is 20.3 Å². The van der Waals surface area contributed by atoms with E-state index in [2.05, 4.69) is 18.7 Å². The van der Waals surface area contributed by atoms with Crippen LogP contribution in [0.3, 0.4) is 0 Å². The molecule has 1 fully saturated rings. The molecule has 1 saturated heterocycles. The van der Waals surface area contributed by atoms with Crippen molar-refractivity contribution in [2.45, 2.75) is 52.1 Å². The second-order valence-corrected chi connectivity index (χ2v) is 4.00. The highest BCUT2D eigenvalue weighted by Gasteiger charge is 2.24. The molecule has 0 spiro atoms. The van der Waals surface area contributed by atoms with E-state index in [1.54, 1.807) is 6.92 Å². The Balaban J connectivity index is 2.50. The van der Waals surface area contributed by atoms with Gasteiger partial charge in [-0.05, 0) is 33.6 Å². The summed E-state index contributed by atoms with van der Waals surface area (Å²) in [6.45, 7) is 6.76. The van der Waals surface area contributed by atoms with Crippen LogP contribution >= 0.6 is 0 Å². The first-order chi connectivity index (χ1) is 5.61. The molecule has 0 N–H and O–H groups in total. The van der Waals surface area contributed by atoms with E-state index >= 15 is 0 Å². The van der Waals surface area contributed by atoms with Crippen molar-refractivity contribution in [1.29, 1.82) is 0 Å². The van der Waals surface area contributed by atoms with Crippen LogP contribution in [0.1, 0.15) is 40.0 Å². The molecule has 1 rings (SSSR count). The molecule has 2 atom stereocenters. The lowest BCUT2D eigenvalue weighted by Crippen LogP contribution is -2.45. The number of likely N-dealkylation sites (tertiary alicyclic amines) is 1. The van der Waals surface area contributed by atoms with Crippen LogP contribution in [0, 0.1) is 0 Å². The molecule has 0 unspecified atom stereocenters. The number of piperidine rings is 1. The molecule has 1 heterocycles. The second kappa shape index (κ2) is 4.04. The lowest BCUT2D eigenvalue weighted by molar-refractivity contribution is -0.119. The van der Waals surface area contributed by atoms with Gasteiger partial charge in [-0.25, -0.2) is 0 Å². The van der Waals surface area contributed by atoms with Crippen molar-refractivity contribution in [3.05, 3.63) is 0 Å². The standard InChI is InChI=1S/C10H19NO/c1-8-5-4-6-9(2)11(8)7-10(3)12/h8-9H,4-7H2,1-3H3/t8-,9+. The van der Waals surface area contributed by atoms with Gasteiger partial charge < -0.3 is 0 Å². The maximum absolute atomic E-state index is 11.0. The fourth-order valence-corrected chi connectivity index (χ4v) is 2.04. The van der Waals surface area contributed by atoms with Crippen LogP contribution in [-0.4, -0.2) is 29.3 Å². The van der Waals surface area contributed by atoms with Crippen molar-refractivity contribution < 1.29 is 4.79 Å². The zero-order valence-corrected chi connectivity index (χ0v) is 8.34. The van der Waals surface area contributed by atoms with Crippen molar-refractivity contribution in [1.82, 2.24) is 4.90 Å². The molecule has 0 aromatic heterocycles. The van der Waals surface area contributed by atoms with Crippen LogP contribution in [0.4, 0.5) is 0 Å². The van der Waals surface area contributed by atoms with E-state index in [1.165, 1.54) is 19.3 Å². The second-order valence-electron chi connectivity index (χ2n) is 4.00. The Labute approximate surface area is 74.9 Å². The molecule has 70 valence electrons. The molecule has 1 aliphatic rings. The maximum Gasteiger partial charge on any atom is 0.143 e. The van der Waals surface area contributed by atoms with Crippen LogP contribution in [0.15, 0.2) is 0 Å². The van der Waals surface area contributed by atoms with Gasteiger partial charge in [-0.3, -0.25) is 9.69 Å². The van der Waals surface area contributed by atoms with Gasteiger partial charge in [0.05, 0.1) is 6.54 Å². The van der Waals surface area contributed by atoms with E-state index in [-0.39, 0.29) is 5.78 Å². The Bertz CT molecular complexity index is 157. The number of nitrogens with zero attached hydrogens (tertiary/aromatic N) is 1. The summed E-state index contributed by atoms with van der Waals surface area (Å²) in [5.74, 6) is 0.288. The Morgan fingerprint density at radius 2 is 1.83 bits per heavy atom. The SMILES string of the molecule is CC(=O)CN1[C@H](C)CCC[C@@H]1C. The van der Waals surface area contributed by atoms with Crippen LogP contribution < -0.4 is 0 Å². The molecule has 2 nitrogen and oxygen atoms in total. The van der Waals surface area contributed by atoms with Crippen LogP contribution in [0.5, 0.6) is 0 Å². The van der Waals surface area contributed by atoms with Crippen molar-refractivity contribution in [2.24, 2.45) is 0 Å². The van der Waals surface area contributed by atoms with Gasteiger partial charge in [-0.2, -0.15) is 0 Å². The monoisotopic (exact) mass is 169 g/mol. The van der Waals surface area contributed by atoms with Gasteiger partial charge in [0.1, 0.15) is 5.78 Å². The third kappa shape index (κ3) is 2.31. The average molecular weight is 169 g/mol. The predicted molar refractivity (Wildman–Crippen MR) is 50.2 cm³/mol. The van der Waals surface area contributed by atoms with Crippen LogP contribution in [0.25, 0.3) is 0 Å². The van der Waals surface area contributed by atoms with Gasteiger partial charge in [0.2, 0.25) is 0 Å². The van der Waals surface area contributed by atoms with Crippen LogP contribution in [0.2, 0.25) is 0 Å². The first-order valence-corrected chi connectivity index (χ1v) is 4.86. The summed E-state index contributed by atoms with van der Waals surface area (Å²) in [5, 5.41) is 0. The number of hydrogen-bond donors (Lipinski definition) is 0. The van der Waals surface area contributed by atoms with Gasteiger partial charge >= 0.3 is 0 Å². The normalized spacial score (nSPS) is 31.9. The first-order valence-electron chi connectivity index (χ1n) is 4.86. The van der Waals surface area contributed by atoms with E-state index in [1.807, 2.05) is 0 Å². The van der Waals surface area contributed by atoms with E-state index in [4.69, 9.17) is 0 Å². The minimum Gasteiger partial charge on any atom is -0.299 e. The highest BCUT2D eigenvalue weighted by Crippen LogP contribution is 2.21. The molecule has 0 aromatic rings. The van der Waals surface area contributed by atoms with E-state index in [0.717, 1.165) is 0 Å². The third-order valence-electron chi connectivity index (χ3n) is 2.78. The fourth-order valence-electron chi connectivity index (χ4n) is 2.04. The quantitative estimate of drug-likeness (QED) is 0.628. The van der Waals surface area contributed by atoms with Gasteiger partial charge in [0.15, 0.2) is 0 Å². The summed E-state index contributed by atoms with van der Waals surface area (Å²) in [7, 11) is 0. The lowest BCUT2D eigenvalue weighted by atomic mass is 9.97. The molecule has 1 aliphatic heterocycles. The Morgan fingerprint density at radius 3 is 2.25 bits per heavy atom. The maximum atomic E-state index is 11.0. The molecule has 2 heteroatoms. The van der Waals surface area contributed by atoms with E-state index < -0.39 is 0 Å². The zero-order chi connectivity index (χ0) is 9.14. The number of hydrogen-bond acceptors (Lipinski definition) is 2. The average Bonchev–Trinajstić information content (AvgIpc) is 1.97. The van der Waals surface area contributed by atoms with E-state index in [9.17, 15) is 4.79 Å².